The molecular formula is C16H25N5O2S2. The maximum Gasteiger partial charge on any atom is 0.237 e. The number of aryl methyl sites for hydroxylation is 1. The smallest absolute Gasteiger partial charge is 0.237 e. The number of thioether (sulfide) groups is 1. The van der Waals surface area contributed by atoms with Gasteiger partial charge in [-0.2, -0.15) is 0 Å². The van der Waals surface area contributed by atoms with Gasteiger partial charge in [0.05, 0.1) is 12.5 Å². The molecule has 1 saturated heterocycles. The van der Waals surface area contributed by atoms with Crippen LogP contribution in [0.2, 0.25) is 0 Å². The highest BCUT2D eigenvalue weighted by molar-refractivity contribution is 8.01. The third kappa shape index (κ3) is 5.15. The molecule has 3 rings (SSSR count). The number of hydrogen-bond acceptors (Lipinski definition) is 7. The zero-order chi connectivity index (χ0) is 17.6. The van der Waals surface area contributed by atoms with E-state index in [4.69, 9.17) is 0 Å². The molecule has 2 aliphatic rings. The number of rotatable bonds is 7. The quantitative estimate of drug-likeness (QED) is 0.543. The van der Waals surface area contributed by atoms with Crippen LogP contribution in [0.1, 0.15) is 37.1 Å². The van der Waals surface area contributed by atoms with Gasteiger partial charge in [0, 0.05) is 31.4 Å². The van der Waals surface area contributed by atoms with Gasteiger partial charge in [-0.1, -0.05) is 35.9 Å². The second kappa shape index (κ2) is 8.95. The summed E-state index contributed by atoms with van der Waals surface area (Å²) in [5.74, 6) is 0.690. The zero-order valence-corrected chi connectivity index (χ0v) is 16.1. The lowest BCUT2D eigenvalue weighted by Crippen LogP contribution is -2.59. The van der Waals surface area contributed by atoms with Crippen LogP contribution in [0, 0.1) is 6.92 Å². The van der Waals surface area contributed by atoms with Crippen LogP contribution in [0.4, 0.5) is 0 Å². The van der Waals surface area contributed by atoms with E-state index in [2.05, 4.69) is 25.7 Å². The van der Waals surface area contributed by atoms with Crippen molar-refractivity contribution in [3.8, 4) is 0 Å². The summed E-state index contributed by atoms with van der Waals surface area (Å²) in [6.07, 6.45) is 4.98. The number of nitrogens with one attached hydrogen (secondary N) is 2. The van der Waals surface area contributed by atoms with E-state index in [0.29, 0.717) is 19.1 Å². The minimum atomic E-state index is -0.324. The van der Waals surface area contributed by atoms with Gasteiger partial charge < -0.3 is 10.6 Å². The van der Waals surface area contributed by atoms with Crippen molar-refractivity contribution in [2.75, 3.05) is 25.4 Å². The van der Waals surface area contributed by atoms with Crippen LogP contribution >= 0.6 is 23.1 Å². The molecule has 2 heterocycles. The molecule has 2 amide bonds. The maximum absolute atomic E-state index is 12.3. The van der Waals surface area contributed by atoms with Gasteiger partial charge in [0.2, 0.25) is 11.8 Å². The Hall–Kier alpha value is -1.19. The molecule has 1 saturated carbocycles. The second-order valence-corrected chi connectivity index (χ2v) is 9.00. The fraction of sp³-hybridized carbons (Fsp3) is 0.750. The summed E-state index contributed by atoms with van der Waals surface area (Å²) in [4.78, 5) is 26.8. The number of carbonyl (C=O) groups excluding carboxylic acids is 2. The first-order valence-corrected chi connectivity index (χ1v) is 10.7. The van der Waals surface area contributed by atoms with Gasteiger partial charge >= 0.3 is 0 Å². The van der Waals surface area contributed by atoms with Gasteiger partial charge in [-0.05, 0) is 19.8 Å². The number of nitrogens with zero attached hydrogens (tertiary/aromatic N) is 3. The number of hydrogen-bond donors (Lipinski definition) is 2. The Morgan fingerprint density at radius 1 is 1.40 bits per heavy atom. The summed E-state index contributed by atoms with van der Waals surface area (Å²) >= 11 is 3.15. The van der Waals surface area contributed by atoms with Crippen molar-refractivity contribution in [2.45, 2.75) is 55.5 Å². The molecule has 0 unspecified atom stereocenters. The van der Waals surface area contributed by atoms with Gasteiger partial charge in [-0.3, -0.25) is 14.5 Å². The molecule has 1 aliphatic carbocycles. The van der Waals surface area contributed by atoms with Crippen LogP contribution in [-0.2, 0) is 9.59 Å². The molecule has 1 atom stereocenters. The Bertz CT molecular complexity index is 603. The average molecular weight is 384 g/mol. The zero-order valence-electron chi connectivity index (χ0n) is 14.5. The lowest BCUT2D eigenvalue weighted by atomic mass is 10.0. The van der Waals surface area contributed by atoms with Crippen molar-refractivity contribution in [1.29, 1.82) is 0 Å². The highest BCUT2D eigenvalue weighted by Crippen LogP contribution is 2.27. The van der Waals surface area contributed by atoms with Crippen molar-refractivity contribution >= 4 is 34.9 Å². The molecule has 0 radical (unpaired) electrons. The normalized spacial score (nSPS) is 22.1. The van der Waals surface area contributed by atoms with Crippen LogP contribution in [0.15, 0.2) is 4.34 Å². The highest BCUT2D eigenvalue weighted by atomic mass is 32.2. The first kappa shape index (κ1) is 18.6. The van der Waals surface area contributed by atoms with Crippen molar-refractivity contribution in [1.82, 2.24) is 25.7 Å². The predicted octanol–water partition coefficient (Wildman–Crippen LogP) is 1.19. The summed E-state index contributed by atoms with van der Waals surface area (Å²) in [6.45, 7) is 4.03. The van der Waals surface area contributed by atoms with E-state index in [-0.39, 0.29) is 24.3 Å². The average Bonchev–Trinajstić information content (AvgIpc) is 3.25. The molecule has 138 valence electrons. The van der Waals surface area contributed by atoms with Crippen LogP contribution < -0.4 is 10.6 Å². The lowest BCUT2D eigenvalue weighted by molar-refractivity contribution is -0.135. The molecule has 1 aliphatic heterocycles. The fourth-order valence-electron chi connectivity index (χ4n) is 3.53. The molecule has 2 N–H and O–H groups in total. The van der Waals surface area contributed by atoms with Crippen molar-refractivity contribution in [3.05, 3.63) is 5.01 Å². The number of aromatic nitrogens is 2. The summed E-state index contributed by atoms with van der Waals surface area (Å²) in [5, 5.41) is 14.8. The van der Waals surface area contributed by atoms with Crippen LogP contribution in [0.25, 0.3) is 0 Å². The maximum atomic E-state index is 12.3. The molecule has 1 aromatic rings. The molecule has 0 spiro atoms. The SMILES string of the molecule is Cc1nnc(SCCNC(=O)C[C@@H]2C(=O)NCCN2C2CCCC2)s1. The largest absolute Gasteiger partial charge is 0.355 e. The first-order valence-electron chi connectivity index (χ1n) is 8.86. The lowest BCUT2D eigenvalue weighted by Gasteiger charge is -2.38. The molecular weight excluding hydrogens is 358 g/mol. The van der Waals surface area contributed by atoms with E-state index in [1.165, 1.54) is 12.8 Å². The Morgan fingerprint density at radius 2 is 2.20 bits per heavy atom. The summed E-state index contributed by atoms with van der Waals surface area (Å²) < 4.78 is 0.922. The molecule has 9 heteroatoms. The fourth-order valence-corrected chi connectivity index (χ4v) is 5.27. The molecule has 25 heavy (non-hydrogen) atoms. The van der Waals surface area contributed by atoms with Gasteiger partial charge in [-0.15, -0.1) is 10.2 Å². The number of amides is 2. The van der Waals surface area contributed by atoms with Gasteiger partial charge in [0.25, 0.3) is 0 Å². The molecule has 2 fully saturated rings. The minimum Gasteiger partial charge on any atom is -0.355 e. The topological polar surface area (TPSA) is 87.2 Å². The van der Waals surface area contributed by atoms with Crippen LogP contribution in [0.5, 0.6) is 0 Å². The predicted molar refractivity (Wildman–Crippen MR) is 98.8 cm³/mol. The molecule has 1 aromatic heterocycles. The van der Waals surface area contributed by atoms with E-state index >= 15 is 0 Å². The summed E-state index contributed by atoms with van der Waals surface area (Å²) in [5.41, 5.74) is 0. The molecule has 0 bridgehead atoms. The second-order valence-electron chi connectivity index (χ2n) is 6.47. The van der Waals surface area contributed by atoms with Crippen molar-refractivity contribution in [2.24, 2.45) is 0 Å². The summed E-state index contributed by atoms with van der Waals surface area (Å²) in [7, 11) is 0. The van der Waals surface area contributed by atoms with E-state index < -0.39 is 0 Å². The van der Waals surface area contributed by atoms with Crippen molar-refractivity contribution < 1.29 is 9.59 Å². The highest BCUT2D eigenvalue weighted by Gasteiger charge is 2.36. The third-order valence-electron chi connectivity index (χ3n) is 4.70. The standard InChI is InChI=1S/C16H25N5O2S2/c1-11-19-20-16(25-11)24-9-7-17-14(22)10-13-15(23)18-6-8-21(13)12-4-2-3-5-12/h12-13H,2-10H2,1H3,(H,17,22)(H,18,23)/t13-/m1/s1. The Kier molecular flexibility index (Phi) is 6.66. The van der Waals surface area contributed by atoms with Gasteiger partial charge in [0.1, 0.15) is 5.01 Å². The number of carbonyl (C=O) groups is 2. The Balaban J connectivity index is 1.43. The van der Waals surface area contributed by atoms with Crippen molar-refractivity contribution in [3.63, 3.8) is 0 Å². The summed E-state index contributed by atoms with van der Waals surface area (Å²) in [6, 6.07) is 0.135. The van der Waals surface area contributed by atoms with Crippen LogP contribution in [-0.4, -0.2) is 64.4 Å². The minimum absolute atomic E-state index is 0.00740. The Morgan fingerprint density at radius 3 is 2.92 bits per heavy atom. The first-order chi connectivity index (χ1) is 12.1. The number of piperazine rings is 1. The third-order valence-corrected chi connectivity index (χ3v) is 6.68. The van der Waals surface area contributed by atoms with E-state index in [0.717, 1.165) is 34.5 Å². The molecule has 7 nitrogen and oxygen atoms in total. The monoisotopic (exact) mass is 383 g/mol. The van der Waals surface area contributed by atoms with E-state index in [9.17, 15) is 9.59 Å². The Labute approximate surface area is 156 Å². The van der Waals surface area contributed by atoms with E-state index in [1.807, 2.05) is 6.92 Å². The van der Waals surface area contributed by atoms with Crippen LogP contribution in [0.3, 0.4) is 0 Å². The van der Waals surface area contributed by atoms with Gasteiger partial charge in [-0.25, -0.2) is 0 Å². The van der Waals surface area contributed by atoms with Gasteiger partial charge in [0.15, 0.2) is 4.34 Å². The van der Waals surface area contributed by atoms with E-state index in [1.54, 1.807) is 23.1 Å². The molecule has 0 aromatic carbocycles.